The van der Waals surface area contributed by atoms with Gasteiger partial charge in [-0.1, -0.05) is 11.6 Å². The number of rotatable bonds is 3. The molecule has 0 fully saturated rings. The van der Waals surface area contributed by atoms with Crippen LogP contribution in [0.1, 0.15) is 0 Å². The molecule has 0 unspecified atom stereocenters. The maximum absolute atomic E-state index is 12.0. The Labute approximate surface area is 114 Å². The third-order valence-corrected chi connectivity index (χ3v) is 3.86. The fourth-order valence-corrected chi connectivity index (χ4v) is 2.55. The molecule has 8 heteroatoms. The molecule has 0 spiro atoms. The molecule has 4 N–H and O–H groups in total. The molecule has 2 aromatic rings. The maximum atomic E-state index is 12.0. The molecule has 0 aliphatic rings. The lowest BCUT2D eigenvalue weighted by atomic mass is 10.3. The van der Waals surface area contributed by atoms with Crippen LogP contribution in [-0.4, -0.2) is 18.5 Å². The lowest BCUT2D eigenvalue weighted by Crippen LogP contribution is -2.14. The smallest absolute Gasteiger partial charge is 0.263 e. The molecule has 0 saturated heterocycles. The Morgan fingerprint density at radius 1 is 1.26 bits per heavy atom. The van der Waals surface area contributed by atoms with E-state index in [1.165, 1.54) is 30.5 Å². The van der Waals surface area contributed by atoms with E-state index < -0.39 is 10.0 Å². The third kappa shape index (κ3) is 3.07. The Morgan fingerprint density at radius 3 is 2.63 bits per heavy atom. The number of aromatic nitrogens is 1. The van der Waals surface area contributed by atoms with Gasteiger partial charge in [0.25, 0.3) is 10.0 Å². The van der Waals surface area contributed by atoms with Gasteiger partial charge < -0.3 is 10.8 Å². The van der Waals surface area contributed by atoms with E-state index in [9.17, 15) is 13.5 Å². The number of phenolic OH excluding ortho intramolecular Hbond substituents is 1. The fraction of sp³-hybridized carbons (Fsp3) is 0. The van der Waals surface area contributed by atoms with Crippen molar-refractivity contribution in [1.29, 1.82) is 0 Å². The lowest BCUT2D eigenvalue weighted by Gasteiger charge is -2.08. The zero-order chi connectivity index (χ0) is 14.0. The van der Waals surface area contributed by atoms with E-state index in [0.29, 0.717) is 5.02 Å². The molecule has 100 valence electrons. The predicted octanol–water partition coefficient (Wildman–Crippen LogP) is 1.82. The molecular formula is C11H10ClN3O3S. The van der Waals surface area contributed by atoms with Crippen molar-refractivity contribution in [2.24, 2.45) is 0 Å². The summed E-state index contributed by atoms with van der Waals surface area (Å²) >= 11 is 5.74. The molecule has 0 saturated carbocycles. The average molecular weight is 300 g/mol. The van der Waals surface area contributed by atoms with Gasteiger partial charge in [-0.05, 0) is 24.3 Å². The van der Waals surface area contributed by atoms with E-state index >= 15 is 0 Å². The van der Waals surface area contributed by atoms with Crippen LogP contribution in [0.2, 0.25) is 5.02 Å². The number of nitrogens with zero attached hydrogens (tertiary/aromatic N) is 1. The summed E-state index contributed by atoms with van der Waals surface area (Å²) in [5.74, 6) is -0.0843. The zero-order valence-corrected chi connectivity index (χ0v) is 11.1. The summed E-state index contributed by atoms with van der Waals surface area (Å²) in [7, 11) is -3.83. The van der Waals surface area contributed by atoms with Gasteiger partial charge in [0.05, 0.1) is 10.6 Å². The molecule has 6 nitrogen and oxygen atoms in total. The quantitative estimate of drug-likeness (QED) is 0.592. The van der Waals surface area contributed by atoms with Crippen molar-refractivity contribution in [3.63, 3.8) is 0 Å². The normalized spacial score (nSPS) is 11.2. The number of halogens is 1. The van der Waals surface area contributed by atoms with Gasteiger partial charge in [-0.2, -0.15) is 0 Å². The van der Waals surface area contributed by atoms with Gasteiger partial charge in [-0.15, -0.1) is 0 Å². The van der Waals surface area contributed by atoms with E-state index in [4.69, 9.17) is 17.3 Å². The number of hydrogen-bond acceptors (Lipinski definition) is 5. The predicted molar refractivity (Wildman–Crippen MR) is 72.6 cm³/mol. The van der Waals surface area contributed by atoms with Crippen molar-refractivity contribution in [2.75, 3.05) is 10.5 Å². The first-order valence-electron chi connectivity index (χ1n) is 5.11. The van der Waals surface area contributed by atoms with Gasteiger partial charge in [0.1, 0.15) is 11.6 Å². The van der Waals surface area contributed by atoms with Crippen LogP contribution in [-0.2, 0) is 10.0 Å². The van der Waals surface area contributed by atoms with Gasteiger partial charge in [-0.3, -0.25) is 4.72 Å². The largest absolute Gasteiger partial charge is 0.506 e. The van der Waals surface area contributed by atoms with Crippen LogP contribution < -0.4 is 10.5 Å². The van der Waals surface area contributed by atoms with Crippen molar-refractivity contribution < 1.29 is 13.5 Å². The maximum Gasteiger partial charge on any atom is 0.263 e. The summed E-state index contributed by atoms with van der Waals surface area (Å²) < 4.78 is 26.4. The number of hydrogen-bond donors (Lipinski definition) is 3. The Morgan fingerprint density at radius 2 is 2.00 bits per heavy atom. The van der Waals surface area contributed by atoms with Gasteiger partial charge in [-0.25, -0.2) is 13.4 Å². The highest BCUT2D eigenvalue weighted by molar-refractivity contribution is 7.92. The summed E-state index contributed by atoms with van der Waals surface area (Å²) in [6, 6.07) is 6.50. The second-order valence-electron chi connectivity index (χ2n) is 3.69. The van der Waals surface area contributed by atoms with E-state index in [0.717, 1.165) is 6.07 Å². The fourth-order valence-electron chi connectivity index (χ4n) is 1.36. The van der Waals surface area contributed by atoms with Crippen LogP contribution in [0.25, 0.3) is 0 Å². The van der Waals surface area contributed by atoms with Crippen LogP contribution in [0, 0.1) is 0 Å². The summed E-state index contributed by atoms with van der Waals surface area (Å²) in [5.41, 5.74) is 5.43. The van der Waals surface area contributed by atoms with Crippen molar-refractivity contribution >= 4 is 33.1 Å². The minimum Gasteiger partial charge on any atom is -0.506 e. The monoisotopic (exact) mass is 299 g/mol. The molecule has 2 rings (SSSR count). The van der Waals surface area contributed by atoms with Gasteiger partial charge >= 0.3 is 0 Å². The van der Waals surface area contributed by atoms with Crippen molar-refractivity contribution in [3.8, 4) is 5.75 Å². The Kier molecular flexibility index (Phi) is 3.50. The summed E-state index contributed by atoms with van der Waals surface area (Å²) in [5, 5.41) is 9.62. The van der Waals surface area contributed by atoms with E-state index in [1.54, 1.807) is 0 Å². The highest BCUT2D eigenvalue weighted by Crippen LogP contribution is 2.24. The second kappa shape index (κ2) is 4.94. The molecule has 19 heavy (non-hydrogen) atoms. The van der Waals surface area contributed by atoms with Crippen molar-refractivity contribution in [1.82, 2.24) is 4.98 Å². The summed E-state index contributed by atoms with van der Waals surface area (Å²) in [6.07, 6.45) is 1.38. The molecule has 1 aromatic heterocycles. The highest BCUT2D eigenvalue weighted by Gasteiger charge is 2.16. The summed E-state index contributed by atoms with van der Waals surface area (Å²) in [4.78, 5) is 3.76. The molecule has 0 bridgehead atoms. The number of sulfonamides is 1. The molecule has 1 aromatic carbocycles. The molecule has 0 radical (unpaired) electrons. The van der Waals surface area contributed by atoms with Crippen LogP contribution in [0.4, 0.5) is 11.5 Å². The van der Waals surface area contributed by atoms with E-state index in [1.807, 2.05) is 0 Å². The number of aromatic hydroxyl groups is 1. The Balaban J connectivity index is 2.35. The SMILES string of the molecule is Nc1cc(S(=O)(=O)Nc2cc(Cl)ccn2)ccc1O. The first-order valence-corrected chi connectivity index (χ1v) is 6.97. The highest BCUT2D eigenvalue weighted by atomic mass is 35.5. The minimum absolute atomic E-state index is 0.0260. The number of pyridine rings is 1. The molecule has 0 aliphatic carbocycles. The summed E-state index contributed by atoms with van der Waals surface area (Å²) in [6.45, 7) is 0. The average Bonchev–Trinajstić information content (AvgIpc) is 2.32. The zero-order valence-electron chi connectivity index (χ0n) is 9.54. The van der Waals surface area contributed by atoms with E-state index in [2.05, 4.69) is 9.71 Å². The van der Waals surface area contributed by atoms with Crippen LogP contribution in [0.3, 0.4) is 0 Å². The minimum atomic E-state index is -3.83. The van der Waals surface area contributed by atoms with Crippen LogP contribution in [0.15, 0.2) is 41.4 Å². The number of anilines is 2. The van der Waals surface area contributed by atoms with Gasteiger partial charge in [0, 0.05) is 17.3 Å². The van der Waals surface area contributed by atoms with Crippen LogP contribution >= 0.6 is 11.6 Å². The number of benzene rings is 1. The molecule has 0 aliphatic heterocycles. The topological polar surface area (TPSA) is 105 Å². The van der Waals surface area contributed by atoms with Crippen molar-refractivity contribution in [2.45, 2.75) is 4.90 Å². The Hall–Kier alpha value is -1.99. The molecule has 0 atom stereocenters. The van der Waals surface area contributed by atoms with Crippen LogP contribution in [0.5, 0.6) is 5.75 Å². The van der Waals surface area contributed by atoms with E-state index in [-0.39, 0.29) is 22.2 Å². The Bertz CT molecular complexity index is 719. The molecule has 1 heterocycles. The van der Waals surface area contributed by atoms with Gasteiger partial charge in [0.15, 0.2) is 0 Å². The number of nitrogen functional groups attached to an aromatic ring is 1. The van der Waals surface area contributed by atoms with Gasteiger partial charge in [0.2, 0.25) is 0 Å². The number of nitrogens with one attached hydrogen (secondary N) is 1. The number of nitrogens with two attached hydrogens (primary N) is 1. The standard InChI is InChI=1S/C11H10ClN3O3S/c12-7-3-4-14-11(5-7)15-19(17,18)8-1-2-10(16)9(13)6-8/h1-6,16H,13H2,(H,14,15). The third-order valence-electron chi connectivity index (χ3n) is 2.27. The molecular weight excluding hydrogens is 290 g/mol. The first-order chi connectivity index (χ1) is 8.88. The number of phenols is 1. The second-order valence-corrected chi connectivity index (χ2v) is 5.80. The lowest BCUT2D eigenvalue weighted by molar-refractivity contribution is 0.477. The van der Waals surface area contributed by atoms with Crippen molar-refractivity contribution in [3.05, 3.63) is 41.6 Å². The molecule has 0 amide bonds. The first kappa shape index (κ1) is 13.4.